The summed E-state index contributed by atoms with van der Waals surface area (Å²) in [6, 6.07) is 20.4. The van der Waals surface area contributed by atoms with Crippen LogP contribution in [0.4, 0.5) is 0 Å². The maximum absolute atomic E-state index is 12.7. The molecule has 1 aliphatic rings. The number of allylic oxidation sites excluding steroid dienone is 6. The first-order valence-corrected chi connectivity index (χ1v) is 9.53. The van der Waals surface area contributed by atoms with Crippen molar-refractivity contribution >= 4 is 11.4 Å². The quantitative estimate of drug-likeness (QED) is 0.470. The molecule has 4 rings (SSSR count). The molecule has 1 heterocycles. The van der Waals surface area contributed by atoms with Crippen LogP contribution in [-0.4, -0.2) is 15.9 Å². The highest BCUT2D eigenvalue weighted by atomic mass is 16.3. The topological polar surface area (TPSA) is 50.2 Å². The van der Waals surface area contributed by atoms with Crippen LogP contribution in [0.25, 0.3) is 5.57 Å². The summed E-state index contributed by atoms with van der Waals surface area (Å²) in [5.41, 5.74) is 3.47. The van der Waals surface area contributed by atoms with Gasteiger partial charge in [-0.3, -0.25) is 9.78 Å². The third kappa shape index (κ3) is 4.09. The van der Waals surface area contributed by atoms with Crippen LogP contribution in [-0.2, 0) is 5.41 Å². The smallest absolute Gasteiger partial charge is 0.185 e. The summed E-state index contributed by atoms with van der Waals surface area (Å²) in [6.07, 6.45) is 14.1. The number of carbonyl (C=O) groups is 1. The zero-order chi connectivity index (χ0) is 20.1. The van der Waals surface area contributed by atoms with Gasteiger partial charge in [0.2, 0.25) is 0 Å². The molecule has 0 fully saturated rings. The SMILES string of the molecule is O=C(C=CC1(c2ccc(O)cc2)C=CC=C(c2ccncc2)C1)c1ccccc1. The highest BCUT2D eigenvalue weighted by Gasteiger charge is 2.30. The molecule has 1 unspecified atom stereocenters. The number of aromatic hydroxyl groups is 1. The average Bonchev–Trinajstić information content (AvgIpc) is 2.79. The monoisotopic (exact) mass is 379 g/mol. The van der Waals surface area contributed by atoms with Gasteiger partial charge in [0.1, 0.15) is 5.75 Å². The van der Waals surface area contributed by atoms with E-state index < -0.39 is 5.41 Å². The number of rotatable bonds is 5. The lowest BCUT2D eigenvalue weighted by Gasteiger charge is -2.32. The molecule has 0 amide bonds. The van der Waals surface area contributed by atoms with Crippen molar-refractivity contribution in [1.29, 1.82) is 0 Å². The summed E-state index contributed by atoms with van der Waals surface area (Å²) in [5, 5.41) is 9.73. The van der Waals surface area contributed by atoms with E-state index in [9.17, 15) is 9.90 Å². The van der Waals surface area contributed by atoms with Crippen molar-refractivity contribution in [3.63, 3.8) is 0 Å². The van der Waals surface area contributed by atoms with Gasteiger partial charge < -0.3 is 5.11 Å². The van der Waals surface area contributed by atoms with E-state index in [4.69, 9.17) is 0 Å². The number of nitrogens with zero attached hydrogens (tertiary/aromatic N) is 1. The van der Waals surface area contributed by atoms with Gasteiger partial charge in [-0.25, -0.2) is 0 Å². The minimum Gasteiger partial charge on any atom is -0.508 e. The molecular formula is C26H21NO2. The maximum atomic E-state index is 12.7. The zero-order valence-electron chi connectivity index (χ0n) is 15.9. The van der Waals surface area contributed by atoms with Gasteiger partial charge in [0.25, 0.3) is 0 Å². The van der Waals surface area contributed by atoms with Crippen LogP contribution in [0.3, 0.4) is 0 Å². The standard InChI is InChI=1S/C26H21NO2/c28-24-10-8-23(9-11-24)26(16-12-25(29)21-5-2-1-3-6-21)15-4-7-22(19-26)20-13-17-27-18-14-20/h1-18,28H,19H2. The van der Waals surface area contributed by atoms with Gasteiger partial charge in [-0.15, -0.1) is 0 Å². The van der Waals surface area contributed by atoms with E-state index in [0.29, 0.717) is 12.0 Å². The lowest BCUT2D eigenvalue weighted by molar-refractivity contribution is 0.104. The molecule has 0 saturated heterocycles. The van der Waals surface area contributed by atoms with Gasteiger partial charge in [-0.2, -0.15) is 0 Å². The van der Waals surface area contributed by atoms with E-state index in [1.807, 2.05) is 66.7 Å². The van der Waals surface area contributed by atoms with Gasteiger partial charge in [-0.05, 0) is 53.5 Å². The molecule has 29 heavy (non-hydrogen) atoms. The highest BCUT2D eigenvalue weighted by molar-refractivity contribution is 6.04. The van der Waals surface area contributed by atoms with Crippen LogP contribution < -0.4 is 0 Å². The lowest BCUT2D eigenvalue weighted by Crippen LogP contribution is -2.23. The zero-order valence-corrected chi connectivity index (χ0v) is 15.9. The van der Waals surface area contributed by atoms with Crippen LogP contribution in [0, 0.1) is 0 Å². The Hall–Kier alpha value is -3.72. The summed E-state index contributed by atoms with van der Waals surface area (Å²) in [7, 11) is 0. The fourth-order valence-electron chi connectivity index (χ4n) is 3.64. The number of hydrogen-bond acceptors (Lipinski definition) is 3. The van der Waals surface area contributed by atoms with E-state index in [0.717, 1.165) is 11.1 Å². The molecule has 142 valence electrons. The Kier molecular flexibility index (Phi) is 5.21. The van der Waals surface area contributed by atoms with Gasteiger partial charge in [0, 0.05) is 23.4 Å². The molecule has 1 aromatic heterocycles. The fraction of sp³-hybridized carbons (Fsp3) is 0.0769. The first-order chi connectivity index (χ1) is 14.2. The minimum absolute atomic E-state index is 0.0304. The molecule has 3 heteroatoms. The first kappa shape index (κ1) is 18.6. The van der Waals surface area contributed by atoms with Crippen molar-refractivity contribution < 1.29 is 9.90 Å². The van der Waals surface area contributed by atoms with Crippen LogP contribution in [0.5, 0.6) is 5.75 Å². The second-order valence-electron chi connectivity index (χ2n) is 7.11. The first-order valence-electron chi connectivity index (χ1n) is 9.53. The van der Waals surface area contributed by atoms with Crippen molar-refractivity contribution in [3.05, 3.63) is 126 Å². The molecule has 1 aliphatic carbocycles. The van der Waals surface area contributed by atoms with Crippen LogP contribution in [0.2, 0.25) is 0 Å². The van der Waals surface area contributed by atoms with E-state index in [1.165, 1.54) is 5.57 Å². The van der Waals surface area contributed by atoms with E-state index in [2.05, 4.69) is 17.1 Å². The molecule has 0 spiro atoms. The molecule has 0 aliphatic heterocycles. The van der Waals surface area contributed by atoms with Crippen molar-refractivity contribution in [2.45, 2.75) is 11.8 Å². The third-order valence-corrected chi connectivity index (χ3v) is 5.22. The van der Waals surface area contributed by atoms with E-state index in [-0.39, 0.29) is 11.5 Å². The molecule has 0 radical (unpaired) electrons. The molecular weight excluding hydrogens is 358 g/mol. The Morgan fingerprint density at radius 3 is 2.41 bits per heavy atom. The molecule has 3 nitrogen and oxygen atoms in total. The van der Waals surface area contributed by atoms with Crippen LogP contribution >= 0.6 is 0 Å². The van der Waals surface area contributed by atoms with Crippen molar-refractivity contribution in [2.75, 3.05) is 0 Å². The largest absolute Gasteiger partial charge is 0.508 e. The Morgan fingerprint density at radius 1 is 0.966 bits per heavy atom. The van der Waals surface area contributed by atoms with E-state index in [1.54, 1.807) is 30.6 Å². The average molecular weight is 379 g/mol. The lowest BCUT2D eigenvalue weighted by atomic mass is 9.71. The van der Waals surface area contributed by atoms with Gasteiger partial charge in [-0.1, -0.05) is 66.8 Å². The van der Waals surface area contributed by atoms with Crippen molar-refractivity contribution in [1.82, 2.24) is 4.98 Å². The van der Waals surface area contributed by atoms with Crippen LogP contribution in [0.1, 0.15) is 27.9 Å². The number of aromatic nitrogens is 1. The Labute approximate surface area is 170 Å². The minimum atomic E-state index is -0.481. The second kappa shape index (κ2) is 8.11. The Morgan fingerprint density at radius 2 is 1.69 bits per heavy atom. The van der Waals surface area contributed by atoms with Gasteiger partial charge in [0.15, 0.2) is 5.78 Å². The van der Waals surface area contributed by atoms with Crippen molar-refractivity contribution in [2.24, 2.45) is 0 Å². The normalized spacial score (nSPS) is 18.6. The summed E-state index contributed by atoms with van der Waals surface area (Å²) < 4.78 is 0. The van der Waals surface area contributed by atoms with E-state index >= 15 is 0 Å². The van der Waals surface area contributed by atoms with Gasteiger partial charge in [0.05, 0.1) is 0 Å². The predicted molar refractivity (Wildman–Crippen MR) is 116 cm³/mol. The maximum Gasteiger partial charge on any atom is 0.185 e. The molecule has 0 saturated carbocycles. The summed E-state index contributed by atoms with van der Waals surface area (Å²) in [5.74, 6) is 0.190. The Balaban J connectivity index is 1.72. The van der Waals surface area contributed by atoms with Crippen LogP contribution in [0.15, 0.2) is 110 Å². The molecule has 3 aromatic rings. The number of phenolic OH excluding ortho intramolecular Hbond substituents is 1. The second-order valence-corrected chi connectivity index (χ2v) is 7.11. The number of benzene rings is 2. The molecule has 2 aromatic carbocycles. The highest BCUT2D eigenvalue weighted by Crippen LogP contribution is 2.41. The molecule has 0 bridgehead atoms. The van der Waals surface area contributed by atoms with Crippen molar-refractivity contribution in [3.8, 4) is 5.75 Å². The molecule has 1 N–H and O–H groups in total. The summed E-state index contributed by atoms with van der Waals surface area (Å²) >= 11 is 0. The fourth-order valence-corrected chi connectivity index (χ4v) is 3.64. The Bertz CT molecular complexity index is 1080. The summed E-state index contributed by atoms with van der Waals surface area (Å²) in [6.45, 7) is 0. The molecule has 1 atom stereocenters. The predicted octanol–water partition coefficient (Wildman–Crippen LogP) is 5.51. The number of phenols is 1. The van der Waals surface area contributed by atoms with Gasteiger partial charge >= 0.3 is 0 Å². The number of carbonyl (C=O) groups excluding carboxylic acids is 1. The summed E-state index contributed by atoms with van der Waals surface area (Å²) in [4.78, 5) is 16.8. The number of hydrogen-bond donors (Lipinski definition) is 1. The number of pyridine rings is 1. The third-order valence-electron chi connectivity index (χ3n) is 5.22. The number of ketones is 1.